The van der Waals surface area contributed by atoms with Gasteiger partial charge in [0.1, 0.15) is 5.60 Å². The molecule has 0 saturated heterocycles. The molecule has 1 aromatic heterocycles. The topological polar surface area (TPSA) is 25.0 Å². The standard InChI is InChI=1S/C17H23NO.C2H6/c1-4-12-8-7-9-13-14-10-11-19-17(5-2,6-3)16(14)18-15(12)13;1-2/h7-9,18H,4-6,10-11H2,1-3H3;1-2H3. The summed E-state index contributed by atoms with van der Waals surface area (Å²) >= 11 is 0. The number of ether oxygens (including phenoxy) is 1. The molecule has 0 unspecified atom stereocenters. The molecule has 1 aromatic carbocycles. The number of para-hydroxylation sites is 1. The molecule has 2 heterocycles. The lowest BCUT2D eigenvalue weighted by Crippen LogP contribution is -2.34. The molecule has 0 atom stereocenters. The molecule has 2 heteroatoms. The van der Waals surface area contributed by atoms with E-state index in [1.54, 1.807) is 0 Å². The quantitative estimate of drug-likeness (QED) is 0.809. The van der Waals surface area contributed by atoms with Crippen LogP contribution in [0.15, 0.2) is 18.2 Å². The van der Waals surface area contributed by atoms with Crippen LogP contribution in [0.4, 0.5) is 0 Å². The van der Waals surface area contributed by atoms with Crippen LogP contribution in [0.1, 0.15) is 64.3 Å². The summed E-state index contributed by atoms with van der Waals surface area (Å²) in [6.07, 6.45) is 4.17. The lowest BCUT2D eigenvalue weighted by molar-refractivity contribution is -0.0686. The van der Waals surface area contributed by atoms with Gasteiger partial charge in [-0.2, -0.15) is 0 Å². The van der Waals surface area contributed by atoms with Gasteiger partial charge in [0.2, 0.25) is 0 Å². The maximum atomic E-state index is 6.16. The summed E-state index contributed by atoms with van der Waals surface area (Å²) in [6, 6.07) is 6.67. The number of hydrogen-bond donors (Lipinski definition) is 1. The summed E-state index contributed by atoms with van der Waals surface area (Å²) in [5, 5.41) is 1.41. The Bertz CT molecular complexity index is 593. The van der Waals surface area contributed by atoms with Crippen molar-refractivity contribution in [2.24, 2.45) is 0 Å². The molecular weight excluding hydrogens is 258 g/mol. The van der Waals surface area contributed by atoms with E-state index < -0.39 is 0 Å². The molecule has 0 fully saturated rings. The Morgan fingerprint density at radius 3 is 2.48 bits per heavy atom. The van der Waals surface area contributed by atoms with E-state index in [1.165, 1.54) is 27.7 Å². The summed E-state index contributed by atoms with van der Waals surface area (Å²) in [5.41, 5.74) is 5.46. The van der Waals surface area contributed by atoms with Crippen LogP contribution in [-0.2, 0) is 23.2 Å². The molecule has 0 radical (unpaired) electrons. The Labute approximate surface area is 128 Å². The normalized spacial score (nSPS) is 16.2. The van der Waals surface area contributed by atoms with E-state index in [0.717, 1.165) is 32.3 Å². The van der Waals surface area contributed by atoms with Crippen molar-refractivity contribution in [3.05, 3.63) is 35.0 Å². The Morgan fingerprint density at radius 2 is 1.86 bits per heavy atom. The van der Waals surface area contributed by atoms with E-state index in [1.807, 2.05) is 13.8 Å². The zero-order chi connectivity index (χ0) is 15.5. The molecule has 0 amide bonds. The SMILES string of the molecule is CC.CCc1cccc2c3c([nH]c12)C(CC)(CC)OCC3. The van der Waals surface area contributed by atoms with E-state index in [2.05, 4.69) is 44.0 Å². The van der Waals surface area contributed by atoms with Crippen molar-refractivity contribution in [2.75, 3.05) is 6.61 Å². The Hall–Kier alpha value is -1.28. The molecule has 3 rings (SSSR count). The van der Waals surface area contributed by atoms with Crippen molar-refractivity contribution in [3.63, 3.8) is 0 Å². The molecule has 1 aliphatic heterocycles. The second-order valence-corrected chi connectivity index (χ2v) is 5.47. The Kier molecular flexibility index (Phi) is 5.10. The molecule has 116 valence electrons. The zero-order valence-electron chi connectivity index (χ0n) is 14.2. The molecule has 21 heavy (non-hydrogen) atoms. The first kappa shape index (κ1) is 16.1. The van der Waals surface area contributed by atoms with Gasteiger partial charge in [0, 0.05) is 10.9 Å². The van der Waals surface area contributed by atoms with E-state index in [-0.39, 0.29) is 5.60 Å². The minimum absolute atomic E-state index is 0.0996. The summed E-state index contributed by atoms with van der Waals surface area (Å²) in [7, 11) is 0. The van der Waals surface area contributed by atoms with Crippen molar-refractivity contribution in [1.29, 1.82) is 0 Å². The lowest BCUT2D eigenvalue weighted by atomic mass is 9.87. The van der Waals surface area contributed by atoms with E-state index in [0.29, 0.717) is 0 Å². The number of hydrogen-bond acceptors (Lipinski definition) is 1. The molecule has 0 bridgehead atoms. The van der Waals surface area contributed by atoms with Gasteiger partial charge in [0.15, 0.2) is 0 Å². The molecule has 1 aliphatic rings. The first-order valence-electron chi connectivity index (χ1n) is 8.52. The third kappa shape index (κ3) is 2.50. The highest BCUT2D eigenvalue weighted by Crippen LogP contribution is 2.41. The van der Waals surface area contributed by atoms with Crippen molar-refractivity contribution in [1.82, 2.24) is 4.98 Å². The van der Waals surface area contributed by atoms with E-state index >= 15 is 0 Å². The molecule has 2 nitrogen and oxygen atoms in total. The van der Waals surface area contributed by atoms with Gasteiger partial charge in [0.05, 0.1) is 12.3 Å². The first-order chi connectivity index (χ1) is 10.3. The number of H-pyrrole nitrogens is 1. The van der Waals surface area contributed by atoms with Gasteiger partial charge in [0.25, 0.3) is 0 Å². The summed E-state index contributed by atoms with van der Waals surface area (Å²) in [4.78, 5) is 3.70. The van der Waals surface area contributed by atoms with Crippen LogP contribution in [-0.4, -0.2) is 11.6 Å². The maximum Gasteiger partial charge on any atom is 0.108 e. The number of aromatic amines is 1. The van der Waals surface area contributed by atoms with Gasteiger partial charge < -0.3 is 9.72 Å². The smallest absolute Gasteiger partial charge is 0.108 e. The van der Waals surface area contributed by atoms with Gasteiger partial charge >= 0.3 is 0 Å². The molecule has 0 aliphatic carbocycles. The number of fused-ring (bicyclic) bond motifs is 3. The number of aromatic nitrogens is 1. The fourth-order valence-corrected chi connectivity index (χ4v) is 3.51. The second kappa shape index (κ2) is 6.65. The number of benzene rings is 1. The van der Waals surface area contributed by atoms with Crippen LogP contribution in [0.3, 0.4) is 0 Å². The van der Waals surface area contributed by atoms with Crippen LogP contribution in [0.25, 0.3) is 10.9 Å². The van der Waals surface area contributed by atoms with Gasteiger partial charge in [-0.05, 0) is 36.8 Å². The average molecular weight is 287 g/mol. The predicted molar refractivity (Wildman–Crippen MR) is 90.9 cm³/mol. The maximum absolute atomic E-state index is 6.16. The molecule has 2 aromatic rings. The first-order valence-corrected chi connectivity index (χ1v) is 8.52. The van der Waals surface area contributed by atoms with Crippen LogP contribution in [0.2, 0.25) is 0 Å². The van der Waals surface area contributed by atoms with Crippen molar-refractivity contribution >= 4 is 10.9 Å². The molecule has 0 saturated carbocycles. The number of nitrogens with one attached hydrogen (secondary N) is 1. The van der Waals surface area contributed by atoms with Crippen LogP contribution in [0, 0.1) is 0 Å². The van der Waals surface area contributed by atoms with Crippen molar-refractivity contribution < 1.29 is 4.74 Å². The molecular formula is C19H29NO. The fourth-order valence-electron chi connectivity index (χ4n) is 3.51. The van der Waals surface area contributed by atoms with Crippen molar-refractivity contribution in [2.45, 2.75) is 65.9 Å². The lowest BCUT2D eigenvalue weighted by Gasteiger charge is -2.36. The highest BCUT2D eigenvalue weighted by atomic mass is 16.5. The van der Waals surface area contributed by atoms with Crippen molar-refractivity contribution in [3.8, 4) is 0 Å². The van der Waals surface area contributed by atoms with Crippen LogP contribution in [0.5, 0.6) is 0 Å². The van der Waals surface area contributed by atoms with E-state index in [9.17, 15) is 0 Å². The monoisotopic (exact) mass is 287 g/mol. The molecule has 0 spiro atoms. The second-order valence-electron chi connectivity index (χ2n) is 5.47. The summed E-state index contributed by atoms with van der Waals surface area (Å²) in [5.74, 6) is 0. The van der Waals surface area contributed by atoms with Crippen LogP contribution < -0.4 is 0 Å². The summed E-state index contributed by atoms with van der Waals surface area (Å²) in [6.45, 7) is 11.5. The van der Waals surface area contributed by atoms with Gasteiger partial charge in [-0.3, -0.25) is 0 Å². The Balaban J connectivity index is 0.000000774. The highest BCUT2D eigenvalue weighted by Gasteiger charge is 2.37. The predicted octanol–water partition coefficient (Wildman–Crippen LogP) is 5.34. The van der Waals surface area contributed by atoms with E-state index in [4.69, 9.17) is 4.74 Å². The third-order valence-corrected chi connectivity index (χ3v) is 4.74. The third-order valence-electron chi connectivity index (χ3n) is 4.74. The van der Waals surface area contributed by atoms with Gasteiger partial charge in [-0.1, -0.05) is 52.8 Å². The zero-order valence-corrected chi connectivity index (χ0v) is 14.2. The number of rotatable bonds is 3. The van der Waals surface area contributed by atoms with Gasteiger partial charge in [-0.25, -0.2) is 0 Å². The van der Waals surface area contributed by atoms with Crippen LogP contribution >= 0.6 is 0 Å². The molecule has 1 N–H and O–H groups in total. The minimum atomic E-state index is -0.0996. The van der Waals surface area contributed by atoms with Gasteiger partial charge in [-0.15, -0.1) is 0 Å². The Morgan fingerprint density at radius 1 is 1.14 bits per heavy atom. The fraction of sp³-hybridized carbons (Fsp3) is 0.579. The highest BCUT2D eigenvalue weighted by molar-refractivity contribution is 5.88. The largest absolute Gasteiger partial charge is 0.368 e. The average Bonchev–Trinajstić information content (AvgIpc) is 2.96. The number of aryl methyl sites for hydroxylation is 1. The minimum Gasteiger partial charge on any atom is -0.368 e. The summed E-state index contributed by atoms with van der Waals surface area (Å²) < 4.78 is 6.16.